The van der Waals surface area contributed by atoms with E-state index in [1.165, 1.54) is 0 Å². The van der Waals surface area contributed by atoms with Crippen LogP contribution in [0.15, 0.2) is 0 Å². The van der Waals surface area contributed by atoms with Gasteiger partial charge in [0, 0.05) is 32.1 Å². The summed E-state index contributed by atoms with van der Waals surface area (Å²) in [4.78, 5) is 14.5. The normalized spacial score (nSPS) is 43.2. The minimum Gasteiger partial charge on any atom is -0.342 e. The van der Waals surface area contributed by atoms with Gasteiger partial charge >= 0.3 is 0 Å². The summed E-state index contributed by atoms with van der Waals surface area (Å²) in [5.74, 6) is 2.24. The number of rotatable bonds is 2. The molecular formula is C13H23ClN2O. The lowest BCUT2D eigenvalue weighted by Gasteiger charge is -2.19. The molecule has 1 aliphatic carbocycles. The maximum absolute atomic E-state index is 12.3. The fourth-order valence-electron chi connectivity index (χ4n) is 3.44. The van der Waals surface area contributed by atoms with Gasteiger partial charge in [0.1, 0.15) is 0 Å². The Morgan fingerprint density at radius 2 is 1.94 bits per heavy atom. The summed E-state index contributed by atoms with van der Waals surface area (Å²) in [6.07, 6.45) is 2.26. The Morgan fingerprint density at radius 3 is 2.41 bits per heavy atom. The predicted octanol–water partition coefficient (Wildman–Crippen LogP) is 1.52. The van der Waals surface area contributed by atoms with Gasteiger partial charge in [0.2, 0.25) is 5.91 Å². The summed E-state index contributed by atoms with van der Waals surface area (Å²) >= 11 is 0. The smallest absolute Gasteiger partial charge is 0.226 e. The Balaban J connectivity index is 0.00000108. The number of hydrogen-bond donors (Lipinski definition) is 1. The number of carbonyl (C=O) groups excluding carboxylic acids is 1. The van der Waals surface area contributed by atoms with Gasteiger partial charge in [-0.25, -0.2) is 0 Å². The molecule has 4 heteroatoms. The fraction of sp³-hybridized carbons (Fsp3) is 0.923. The minimum atomic E-state index is 0. The van der Waals surface area contributed by atoms with Gasteiger partial charge in [-0.15, -0.1) is 12.4 Å². The third kappa shape index (κ3) is 2.08. The van der Waals surface area contributed by atoms with E-state index in [1.807, 2.05) is 0 Å². The van der Waals surface area contributed by atoms with E-state index in [-0.39, 0.29) is 12.4 Å². The molecule has 2 aliphatic heterocycles. The maximum Gasteiger partial charge on any atom is 0.226 e. The van der Waals surface area contributed by atoms with Crippen LogP contribution in [0.25, 0.3) is 0 Å². The summed E-state index contributed by atoms with van der Waals surface area (Å²) in [6.45, 7) is 8.71. The molecule has 1 saturated carbocycles. The largest absolute Gasteiger partial charge is 0.342 e. The van der Waals surface area contributed by atoms with Gasteiger partial charge in [0.15, 0.2) is 0 Å². The predicted molar refractivity (Wildman–Crippen MR) is 70.2 cm³/mol. The van der Waals surface area contributed by atoms with Gasteiger partial charge in [-0.05, 0) is 30.1 Å². The second kappa shape index (κ2) is 4.43. The zero-order chi connectivity index (χ0) is 11.3. The summed E-state index contributed by atoms with van der Waals surface area (Å²) in [5, 5.41) is 3.42. The molecule has 0 aromatic heterocycles. The van der Waals surface area contributed by atoms with E-state index in [0.717, 1.165) is 50.9 Å². The van der Waals surface area contributed by atoms with E-state index in [4.69, 9.17) is 0 Å². The van der Waals surface area contributed by atoms with Crippen LogP contribution in [-0.4, -0.2) is 37.0 Å². The summed E-state index contributed by atoms with van der Waals surface area (Å²) in [5.41, 5.74) is 0.326. The highest BCUT2D eigenvalue weighted by Crippen LogP contribution is 2.55. The molecule has 3 rings (SSSR count). The molecule has 3 nitrogen and oxygen atoms in total. The van der Waals surface area contributed by atoms with Gasteiger partial charge in [-0.1, -0.05) is 13.8 Å². The highest BCUT2D eigenvalue weighted by molar-refractivity contribution is 5.85. The third-order valence-electron chi connectivity index (χ3n) is 5.16. The number of fused-ring (bicyclic) bond motifs is 1. The molecule has 0 bridgehead atoms. The number of nitrogens with zero attached hydrogens (tertiary/aromatic N) is 1. The van der Waals surface area contributed by atoms with Crippen LogP contribution in [0.4, 0.5) is 0 Å². The van der Waals surface area contributed by atoms with Crippen LogP contribution in [0.5, 0.6) is 0 Å². The van der Waals surface area contributed by atoms with Crippen molar-refractivity contribution in [1.82, 2.24) is 10.2 Å². The van der Waals surface area contributed by atoms with Crippen molar-refractivity contribution in [1.29, 1.82) is 0 Å². The van der Waals surface area contributed by atoms with Crippen LogP contribution in [-0.2, 0) is 4.79 Å². The molecule has 3 aliphatic rings. The number of amides is 1. The van der Waals surface area contributed by atoms with Crippen molar-refractivity contribution >= 4 is 18.3 Å². The lowest BCUT2D eigenvalue weighted by Crippen LogP contribution is -2.34. The van der Waals surface area contributed by atoms with Gasteiger partial charge in [-0.2, -0.15) is 0 Å². The van der Waals surface area contributed by atoms with Gasteiger partial charge in [0.25, 0.3) is 0 Å². The second-order valence-corrected chi connectivity index (χ2v) is 6.19. The first kappa shape index (κ1) is 13.2. The molecule has 17 heavy (non-hydrogen) atoms. The Kier molecular flexibility index (Phi) is 3.43. The van der Waals surface area contributed by atoms with Crippen molar-refractivity contribution in [2.24, 2.45) is 23.2 Å². The van der Waals surface area contributed by atoms with Gasteiger partial charge < -0.3 is 10.2 Å². The Labute approximate surface area is 110 Å². The molecule has 1 amide bonds. The van der Waals surface area contributed by atoms with Crippen molar-refractivity contribution < 1.29 is 4.79 Å². The monoisotopic (exact) mass is 258 g/mol. The number of likely N-dealkylation sites (tertiary alicyclic amines) is 1. The molecule has 0 aromatic carbocycles. The zero-order valence-corrected chi connectivity index (χ0v) is 11.6. The standard InChI is InChI=1S/C13H22N2O.ClH/c1-3-13(2)4-11(13)12(16)15-7-9-5-14-6-10(9)8-15;/h9-11,14H,3-8H2,1-2H3;1H/t9-,10+,11?,13?;. The quantitative estimate of drug-likeness (QED) is 0.815. The van der Waals surface area contributed by atoms with Crippen molar-refractivity contribution in [2.75, 3.05) is 26.2 Å². The third-order valence-corrected chi connectivity index (χ3v) is 5.16. The highest BCUT2D eigenvalue weighted by atomic mass is 35.5. The molecule has 0 radical (unpaired) electrons. The molecule has 2 saturated heterocycles. The lowest BCUT2D eigenvalue weighted by molar-refractivity contribution is -0.132. The molecular weight excluding hydrogens is 236 g/mol. The number of hydrogen-bond acceptors (Lipinski definition) is 2. The SMILES string of the molecule is CCC1(C)CC1C(=O)N1C[C@H]2CNC[C@H]2C1.Cl. The first-order chi connectivity index (χ1) is 7.64. The van der Waals surface area contributed by atoms with Crippen molar-refractivity contribution in [3.05, 3.63) is 0 Å². The van der Waals surface area contributed by atoms with E-state index in [0.29, 0.717) is 17.2 Å². The number of carbonyl (C=O) groups is 1. The molecule has 1 N–H and O–H groups in total. The summed E-state index contributed by atoms with van der Waals surface area (Å²) < 4.78 is 0. The maximum atomic E-state index is 12.3. The van der Waals surface area contributed by atoms with E-state index in [1.54, 1.807) is 0 Å². The first-order valence-electron chi connectivity index (χ1n) is 6.63. The molecule has 2 unspecified atom stereocenters. The molecule has 98 valence electrons. The van der Waals surface area contributed by atoms with Gasteiger partial charge in [-0.3, -0.25) is 4.79 Å². The average molecular weight is 259 g/mol. The van der Waals surface area contributed by atoms with E-state index in [9.17, 15) is 4.79 Å². The Bertz CT molecular complexity index is 311. The summed E-state index contributed by atoms with van der Waals surface area (Å²) in [6, 6.07) is 0. The van der Waals surface area contributed by atoms with Crippen LogP contribution >= 0.6 is 12.4 Å². The van der Waals surface area contributed by atoms with E-state index in [2.05, 4.69) is 24.1 Å². The fourth-order valence-corrected chi connectivity index (χ4v) is 3.44. The topological polar surface area (TPSA) is 32.3 Å². The second-order valence-electron chi connectivity index (χ2n) is 6.19. The van der Waals surface area contributed by atoms with Crippen molar-refractivity contribution in [2.45, 2.75) is 26.7 Å². The number of halogens is 1. The van der Waals surface area contributed by atoms with Crippen LogP contribution in [0.2, 0.25) is 0 Å². The van der Waals surface area contributed by atoms with Crippen LogP contribution in [0.3, 0.4) is 0 Å². The summed E-state index contributed by atoms with van der Waals surface area (Å²) in [7, 11) is 0. The van der Waals surface area contributed by atoms with Crippen molar-refractivity contribution in [3.63, 3.8) is 0 Å². The molecule has 0 aromatic rings. The molecule has 0 spiro atoms. The van der Waals surface area contributed by atoms with Crippen LogP contribution < -0.4 is 5.32 Å². The molecule has 2 heterocycles. The Morgan fingerprint density at radius 1 is 1.35 bits per heavy atom. The number of nitrogens with one attached hydrogen (secondary N) is 1. The van der Waals surface area contributed by atoms with Crippen LogP contribution in [0.1, 0.15) is 26.7 Å². The minimum absolute atomic E-state index is 0. The molecule has 3 fully saturated rings. The van der Waals surface area contributed by atoms with Crippen LogP contribution in [0, 0.1) is 23.2 Å². The average Bonchev–Trinajstić information content (AvgIpc) is 2.64. The molecule has 4 atom stereocenters. The van der Waals surface area contributed by atoms with E-state index >= 15 is 0 Å². The lowest BCUT2D eigenvalue weighted by atomic mass is 10.0. The van der Waals surface area contributed by atoms with Gasteiger partial charge in [0.05, 0.1) is 0 Å². The van der Waals surface area contributed by atoms with E-state index < -0.39 is 0 Å². The zero-order valence-electron chi connectivity index (χ0n) is 10.7. The highest BCUT2D eigenvalue weighted by Gasteiger charge is 2.55. The Hall–Kier alpha value is -0.280. The van der Waals surface area contributed by atoms with Crippen molar-refractivity contribution in [3.8, 4) is 0 Å². The first-order valence-corrected chi connectivity index (χ1v) is 6.63.